The number of hydrogen-bond donors (Lipinski definition) is 0. The Labute approximate surface area is 120 Å². The molecular formula is C13H16BrN3O2. The van der Waals surface area contributed by atoms with Crippen molar-refractivity contribution < 1.29 is 9.47 Å². The van der Waals surface area contributed by atoms with Gasteiger partial charge >= 0.3 is 0 Å². The highest BCUT2D eigenvalue weighted by molar-refractivity contribution is 9.09. The number of para-hydroxylation sites is 2. The standard InChI is InChI=1S/C13H16BrN3O2/c1-10(14)11-9-17(16-15-11)7-8-19-13-6-4-3-5-12(13)18-2/h3-6,9-10H,7-8H2,1-2H3. The van der Waals surface area contributed by atoms with Gasteiger partial charge in [0.15, 0.2) is 11.5 Å². The lowest BCUT2D eigenvalue weighted by Gasteiger charge is -2.09. The smallest absolute Gasteiger partial charge is 0.161 e. The first-order valence-corrected chi connectivity index (χ1v) is 6.92. The van der Waals surface area contributed by atoms with E-state index in [9.17, 15) is 0 Å². The third kappa shape index (κ3) is 3.70. The van der Waals surface area contributed by atoms with Gasteiger partial charge in [-0.25, -0.2) is 4.68 Å². The first kappa shape index (κ1) is 13.9. The van der Waals surface area contributed by atoms with E-state index in [1.54, 1.807) is 11.8 Å². The van der Waals surface area contributed by atoms with E-state index in [4.69, 9.17) is 9.47 Å². The van der Waals surface area contributed by atoms with E-state index in [0.29, 0.717) is 13.2 Å². The number of methoxy groups -OCH3 is 1. The topological polar surface area (TPSA) is 49.2 Å². The van der Waals surface area contributed by atoms with Crippen molar-refractivity contribution in [2.75, 3.05) is 13.7 Å². The van der Waals surface area contributed by atoms with Gasteiger partial charge in [-0.05, 0) is 19.1 Å². The molecule has 0 saturated heterocycles. The maximum Gasteiger partial charge on any atom is 0.161 e. The molecule has 0 radical (unpaired) electrons. The molecule has 0 fully saturated rings. The van der Waals surface area contributed by atoms with Crippen molar-refractivity contribution in [1.82, 2.24) is 15.0 Å². The fourth-order valence-electron chi connectivity index (χ4n) is 1.59. The molecule has 2 aromatic rings. The van der Waals surface area contributed by atoms with Crippen LogP contribution in [0.1, 0.15) is 17.4 Å². The molecule has 1 aromatic heterocycles. The fourth-order valence-corrected chi connectivity index (χ4v) is 1.80. The predicted molar refractivity (Wildman–Crippen MR) is 75.9 cm³/mol. The van der Waals surface area contributed by atoms with Crippen molar-refractivity contribution in [2.45, 2.75) is 18.3 Å². The zero-order chi connectivity index (χ0) is 13.7. The number of nitrogens with zero attached hydrogens (tertiary/aromatic N) is 3. The number of halogens is 1. The van der Waals surface area contributed by atoms with Gasteiger partial charge in [-0.15, -0.1) is 5.10 Å². The van der Waals surface area contributed by atoms with Crippen LogP contribution in [-0.4, -0.2) is 28.7 Å². The summed E-state index contributed by atoms with van der Waals surface area (Å²) >= 11 is 3.46. The quantitative estimate of drug-likeness (QED) is 0.766. The minimum Gasteiger partial charge on any atom is -0.493 e. The number of rotatable bonds is 6. The lowest BCUT2D eigenvalue weighted by Crippen LogP contribution is -2.09. The second-order valence-electron chi connectivity index (χ2n) is 4.02. The van der Waals surface area contributed by atoms with Crippen LogP contribution in [0.5, 0.6) is 11.5 Å². The molecule has 1 aromatic carbocycles. The molecule has 0 N–H and O–H groups in total. The first-order chi connectivity index (χ1) is 9.20. The van der Waals surface area contributed by atoms with Gasteiger partial charge in [0, 0.05) is 6.20 Å². The highest BCUT2D eigenvalue weighted by Crippen LogP contribution is 2.25. The first-order valence-electron chi connectivity index (χ1n) is 6.00. The van der Waals surface area contributed by atoms with Gasteiger partial charge in [-0.3, -0.25) is 0 Å². The minimum absolute atomic E-state index is 0.205. The Hall–Kier alpha value is -1.56. The number of ether oxygens (including phenoxy) is 2. The third-order valence-electron chi connectivity index (χ3n) is 2.61. The molecule has 0 saturated carbocycles. The molecular weight excluding hydrogens is 310 g/mol. The van der Waals surface area contributed by atoms with Gasteiger partial charge in [0.1, 0.15) is 6.61 Å². The molecule has 5 nitrogen and oxygen atoms in total. The molecule has 0 amide bonds. The SMILES string of the molecule is COc1ccccc1OCCn1cc(C(C)Br)nn1. The van der Waals surface area contributed by atoms with Crippen molar-refractivity contribution in [3.63, 3.8) is 0 Å². The summed E-state index contributed by atoms with van der Waals surface area (Å²) < 4.78 is 12.7. The Morgan fingerprint density at radius 3 is 2.68 bits per heavy atom. The lowest BCUT2D eigenvalue weighted by atomic mass is 10.3. The summed E-state index contributed by atoms with van der Waals surface area (Å²) in [6, 6.07) is 7.58. The molecule has 0 bridgehead atoms. The minimum atomic E-state index is 0.205. The lowest BCUT2D eigenvalue weighted by molar-refractivity contribution is 0.273. The number of aromatic nitrogens is 3. The normalized spacial score (nSPS) is 12.2. The molecule has 2 rings (SSSR count). The zero-order valence-electron chi connectivity index (χ0n) is 10.9. The van der Waals surface area contributed by atoms with Crippen molar-refractivity contribution >= 4 is 15.9 Å². The zero-order valence-corrected chi connectivity index (χ0v) is 12.5. The van der Waals surface area contributed by atoms with Crippen LogP contribution in [0.25, 0.3) is 0 Å². The average Bonchev–Trinajstić information content (AvgIpc) is 2.88. The third-order valence-corrected chi connectivity index (χ3v) is 3.08. The molecule has 0 aliphatic rings. The van der Waals surface area contributed by atoms with Crippen LogP contribution in [0.4, 0.5) is 0 Å². The molecule has 0 spiro atoms. The van der Waals surface area contributed by atoms with Crippen LogP contribution in [0, 0.1) is 0 Å². The summed E-state index contributed by atoms with van der Waals surface area (Å²) in [5.74, 6) is 1.47. The van der Waals surface area contributed by atoms with Crippen LogP contribution in [-0.2, 0) is 6.54 Å². The van der Waals surface area contributed by atoms with Crippen LogP contribution in [0.3, 0.4) is 0 Å². The molecule has 1 unspecified atom stereocenters. The summed E-state index contributed by atoms with van der Waals surface area (Å²) in [5, 5.41) is 8.10. The van der Waals surface area contributed by atoms with Crippen molar-refractivity contribution in [2.24, 2.45) is 0 Å². The summed E-state index contributed by atoms with van der Waals surface area (Å²) in [5.41, 5.74) is 0.914. The van der Waals surface area contributed by atoms with Crippen LogP contribution in [0.2, 0.25) is 0 Å². The van der Waals surface area contributed by atoms with Gasteiger partial charge in [0.2, 0.25) is 0 Å². The Bertz CT molecular complexity index is 528. The average molecular weight is 326 g/mol. The monoisotopic (exact) mass is 325 g/mol. The van der Waals surface area contributed by atoms with Crippen LogP contribution < -0.4 is 9.47 Å². The Morgan fingerprint density at radius 2 is 2.05 bits per heavy atom. The highest BCUT2D eigenvalue weighted by atomic mass is 79.9. The summed E-state index contributed by atoms with van der Waals surface area (Å²) in [7, 11) is 1.63. The van der Waals surface area contributed by atoms with E-state index in [-0.39, 0.29) is 4.83 Å². The number of hydrogen-bond acceptors (Lipinski definition) is 4. The highest BCUT2D eigenvalue weighted by Gasteiger charge is 2.07. The largest absolute Gasteiger partial charge is 0.493 e. The van der Waals surface area contributed by atoms with Gasteiger partial charge in [0.25, 0.3) is 0 Å². The summed E-state index contributed by atoms with van der Waals surface area (Å²) in [4.78, 5) is 0.205. The van der Waals surface area contributed by atoms with Gasteiger partial charge in [-0.1, -0.05) is 33.3 Å². The van der Waals surface area contributed by atoms with Crippen molar-refractivity contribution in [3.8, 4) is 11.5 Å². The molecule has 0 aliphatic heterocycles. The van der Waals surface area contributed by atoms with E-state index < -0.39 is 0 Å². The summed E-state index contributed by atoms with van der Waals surface area (Å²) in [6.07, 6.45) is 1.91. The van der Waals surface area contributed by atoms with E-state index in [0.717, 1.165) is 17.2 Å². The van der Waals surface area contributed by atoms with Gasteiger partial charge < -0.3 is 9.47 Å². The number of benzene rings is 1. The van der Waals surface area contributed by atoms with Crippen LogP contribution >= 0.6 is 15.9 Å². The molecule has 6 heteroatoms. The van der Waals surface area contributed by atoms with Gasteiger partial charge in [0.05, 0.1) is 24.2 Å². The van der Waals surface area contributed by atoms with E-state index in [1.807, 2.05) is 37.4 Å². The number of alkyl halides is 1. The van der Waals surface area contributed by atoms with E-state index in [1.165, 1.54) is 0 Å². The molecule has 0 aliphatic carbocycles. The molecule has 1 atom stereocenters. The second-order valence-corrected chi connectivity index (χ2v) is 5.40. The Balaban J connectivity index is 1.89. The van der Waals surface area contributed by atoms with E-state index >= 15 is 0 Å². The molecule has 102 valence electrons. The maximum absolute atomic E-state index is 5.68. The van der Waals surface area contributed by atoms with Crippen LogP contribution in [0.15, 0.2) is 30.5 Å². The molecule has 19 heavy (non-hydrogen) atoms. The van der Waals surface area contributed by atoms with Crippen molar-refractivity contribution in [1.29, 1.82) is 0 Å². The van der Waals surface area contributed by atoms with Gasteiger partial charge in [-0.2, -0.15) is 0 Å². The molecule has 1 heterocycles. The Kier molecular flexibility index (Phi) is 4.79. The maximum atomic E-state index is 5.68. The second kappa shape index (κ2) is 6.56. The fraction of sp³-hybridized carbons (Fsp3) is 0.385. The summed E-state index contributed by atoms with van der Waals surface area (Å²) in [6.45, 7) is 3.17. The van der Waals surface area contributed by atoms with E-state index in [2.05, 4.69) is 26.2 Å². The Morgan fingerprint density at radius 1 is 1.32 bits per heavy atom. The van der Waals surface area contributed by atoms with Crippen molar-refractivity contribution in [3.05, 3.63) is 36.2 Å². The predicted octanol–water partition coefficient (Wildman–Crippen LogP) is 2.82.